The van der Waals surface area contributed by atoms with Gasteiger partial charge in [-0.15, -0.1) is 0 Å². The van der Waals surface area contributed by atoms with Crippen molar-refractivity contribution in [2.24, 2.45) is 0 Å². The van der Waals surface area contributed by atoms with E-state index < -0.39 is 23.6 Å². The van der Waals surface area contributed by atoms with Gasteiger partial charge in [-0.25, -0.2) is 20.4 Å². The Bertz CT molecular complexity index is 950. The molecule has 0 radical (unpaired) electrons. The van der Waals surface area contributed by atoms with Gasteiger partial charge in [0.2, 0.25) is 12.2 Å². The summed E-state index contributed by atoms with van der Waals surface area (Å²) < 4.78 is 0. The number of benzene rings is 1. The quantitative estimate of drug-likeness (QED) is 0.321. The highest BCUT2D eigenvalue weighted by Crippen LogP contribution is 2.27. The zero-order chi connectivity index (χ0) is 20.6. The average molecular weight is 368 g/mol. The fourth-order valence-electron chi connectivity index (χ4n) is 2.32. The van der Waals surface area contributed by atoms with E-state index in [9.17, 15) is 19.2 Å². The second-order valence-electron chi connectivity index (χ2n) is 4.99. The van der Waals surface area contributed by atoms with Gasteiger partial charge in [-0.1, -0.05) is 12.1 Å². The number of hydrogen-bond acceptors (Lipinski definition) is 8. The van der Waals surface area contributed by atoms with Crippen LogP contribution in [0.4, 0.5) is 0 Å². The molecule has 0 fully saturated rings. The minimum absolute atomic E-state index is 0.242. The van der Waals surface area contributed by atoms with Crippen LogP contribution in [0.3, 0.4) is 0 Å². The van der Waals surface area contributed by atoms with Crippen LogP contribution in [0.25, 0.3) is 11.1 Å². The molecule has 0 unspecified atom stereocenters. The molecule has 0 spiro atoms. The Labute approximate surface area is 152 Å². The summed E-state index contributed by atoms with van der Waals surface area (Å²) in [4.78, 5) is 62.6. The third-order valence-electron chi connectivity index (χ3n) is 3.35. The first kappa shape index (κ1) is 20.8. The zero-order valence-corrected chi connectivity index (χ0v) is 13.8. The highest BCUT2D eigenvalue weighted by atomic mass is 16.2. The van der Waals surface area contributed by atoms with Gasteiger partial charge in [0, 0.05) is 12.2 Å². The molecule has 27 heavy (non-hydrogen) atoms. The molecule has 3 rings (SSSR count). The van der Waals surface area contributed by atoms with E-state index in [1.807, 2.05) is 0 Å². The summed E-state index contributed by atoms with van der Waals surface area (Å²) in [5, 5.41) is 15.2. The molecule has 0 saturated carbocycles. The van der Waals surface area contributed by atoms with Gasteiger partial charge in [0.05, 0.1) is 11.1 Å². The minimum atomic E-state index is -0.476. The number of isocyanates is 2. The lowest BCUT2D eigenvalue weighted by atomic mass is 9.95. The van der Waals surface area contributed by atoms with Gasteiger partial charge < -0.3 is 0 Å². The highest BCUT2D eigenvalue weighted by Gasteiger charge is 2.26. The molecule has 4 amide bonds. The smallest absolute Gasteiger partial charge is 0.258 e. The van der Waals surface area contributed by atoms with Gasteiger partial charge >= 0.3 is 0 Å². The van der Waals surface area contributed by atoms with E-state index in [1.54, 1.807) is 25.1 Å². The molecule has 1 aromatic rings. The van der Waals surface area contributed by atoms with Crippen molar-refractivity contribution in [3.05, 3.63) is 47.0 Å². The van der Waals surface area contributed by atoms with E-state index in [0.717, 1.165) is 17.7 Å². The molecule has 2 heterocycles. The van der Waals surface area contributed by atoms with E-state index in [4.69, 9.17) is 20.4 Å². The molecule has 0 atom stereocenters. The maximum absolute atomic E-state index is 11.7. The van der Waals surface area contributed by atoms with Crippen LogP contribution < -0.4 is 10.6 Å². The number of carbonyl (C=O) groups is 4. The van der Waals surface area contributed by atoms with Crippen LogP contribution in [-0.2, 0) is 28.8 Å². The maximum atomic E-state index is 11.7. The van der Waals surface area contributed by atoms with Crippen molar-refractivity contribution in [1.29, 1.82) is 10.8 Å². The Morgan fingerprint density at radius 1 is 0.815 bits per heavy atom. The molecule has 136 valence electrons. The SMILES string of the molecule is Cc1ccc(C2=CC(=O)NC2=O)cc1C1=CC(=O)NC1=O.N=C=O.N=C=O. The fraction of sp³-hybridized carbons (Fsp3) is 0.0588. The van der Waals surface area contributed by atoms with Crippen molar-refractivity contribution < 1.29 is 28.8 Å². The molecule has 10 nitrogen and oxygen atoms in total. The Morgan fingerprint density at radius 2 is 1.26 bits per heavy atom. The van der Waals surface area contributed by atoms with Crippen LogP contribution in [-0.4, -0.2) is 35.8 Å². The summed E-state index contributed by atoms with van der Waals surface area (Å²) in [6.45, 7) is 1.80. The average Bonchev–Trinajstić information content (AvgIpc) is 3.10. The predicted octanol–water partition coefficient (Wildman–Crippen LogP) is -0.123. The summed E-state index contributed by atoms with van der Waals surface area (Å²) in [7, 11) is 0. The zero-order valence-electron chi connectivity index (χ0n) is 13.8. The van der Waals surface area contributed by atoms with Gasteiger partial charge in [-0.3, -0.25) is 29.8 Å². The summed E-state index contributed by atoms with van der Waals surface area (Å²) in [6, 6.07) is 5.06. The van der Waals surface area contributed by atoms with E-state index in [2.05, 4.69) is 10.6 Å². The van der Waals surface area contributed by atoms with Gasteiger partial charge in [-0.2, -0.15) is 0 Å². The number of hydrogen-bond donors (Lipinski definition) is 4. The summed E-state index contributed by atoms with van der Waals surface area (Å²) in [5.74, 6) is -1.88. The van der Waals surface area contributed by atoms with Crippen LogP contribution in [0.2, 0.25) is 0 Å². The Hall–Kier alpha value is -4.26. The van der Waals surface area contributed by atoms with E-state index in [1.165, 1.54) is 12.2 Å². The van der Waals surface area contributed by atoms with Crippen LogP contribution in [0.5, 0.6) is 0 Å². The van der Waals surface area contributed by atoms with Gasteiger partial charge in [0.1, 0.15) is 0 Å². The van der Waals surface area contributed by atoms with E-state index in [-0.39, 0.29) is 11.1 Å². The first-order valence-corrected chi connectivity index (χ1v) is 7.12. The Morgan fingerprint density at radius 3 is 1.67 bits per heavy atom. The molecule has 0 bridgehead atoms. The van der Waals surface area contributed by atoms with Crippen LogP contribution in [0.1, 0.15) is 16.7 Å². The second-order valence-corrected chi connectivity index (χ2v) is 4.99. The number of rotatable bonds is 2. The lowest BCUT2D eigenvalue weighted by Crippen LogP contribution is -2.22. The number of aryl methyl sites for hydroxylation is 1. The van der Waals surface area contributed by atoms with Gasteiger partial charge in [0.25, 0.3) is 23.6 Å². The predicted molar refractivity (Wildman–Crippen MR) is 90.3 cm³/mol. The third-order valence-corrected chi connectivity index (χ3v) is 3.35. The molecular formula is C17H12N4O6. The lowest BCUT2D eigenvalue weighted by molar-refractivity contribution is -0.124. The van der Waals surface area contributed by atoms with Crippen molar-refractivity contribution in [3.8, 4) is 0 Å². The monoisotopic (exact) mass is 368 g/mol. The van der Waals surface area contributed by atoms with Crippen LogP contribution in [0, 0.1) is 17.7 Å². The van der Waals surface area contributed by atoms with Crippen molar-refractivity contribution in [2.45, 2.75) is 6.92 Å². The normalized spacial score (nSPS) is 14.3. The van der Waals surface area contributed by atoms with Gasteiger partial charge in [0.15, 0.2) is 0 Å². The molecule has 0 aromatic heterocycles. The van der Waals surface area contributed by atoms with E-state index in [0.29, 0.717) is 11.1 Å². The van der Waals surface area contributed by atoms with E-state index >= 15 is 0 Å². The molecule has 2 aliphatic rings. The highest BCUT2D eigenvalue weighted by molar-refractivity contribution is 6.35. The number of nitrogens with one attached hydrogen (secondary N) is 4. The number of imide groups is 2. The summed E-state index contributed by atoms with van der Waals surface area (Å²) in [5.41, 5.74) is 2.37. The maximum Gasteiger partial charge on any atom is 0.258 e. The molecular weight excluding hydrogens is 356 g/mol. The largest absolute Gasteiger partial charge is 0.289 e. The van der Waals surface area contributed by atoms with Crippen molar-refractivity contribution >= 4 is 46.9 Å². The van der Waals surface area contributed by atoms with Crippen LogP contribution >= 0.6 is 0 Å². The first-order chi connectivity index (χ1) is 12.8. The fourth-order valence-corrected chi connectivity index (χ4v) is 2.32. The molecule has 10 heteroatoms. The first-order valence-electron chi connectivity index (χ1n) is 7.12. The Balaban J connectivity index is 0.000000540. The molecule has 1 aromatic carbocycles. The molecule has 2 aliphatic heterocycles. The standard InChI is InChI=1S/C15H10N2O4.2CHNO/c1-7-2-3-8(10-5-12(18)16-14(10)20)4-9(7)11-6-13(19)17-15(11)21;2*2-1-3/h2-6H,1H3,(H,16,18,20)(H,17,19,21);2*2H. The van der Waals surface area contributed by atoms with Crippen molar-refractivity contribution in [3.63, 3.8) is 0 Å². The number of amides is 4. The third kappa shape index (κ3) is 5.10. The Kier molecular flexibility index (Phi) is 7.15. The van der Waals surface area contributed by atoms with Gasteiger partial charge in [-0.05, 0) is 29.7 Å². The summed E-state index contributed by atoms with van der Waals surface area (Å²) >= 11 is 0. The number of carbonyl (C=O) groups excluding carboxylic acids is 6. The molecule has 0 saturated heterocycles. The molecule has 0 aliphatic carbocycles. The van der Waals surface area contributed by atoms with Crippen LogP contribution in [0.15, 0.2) is 30.4 Å². The molecule has 4 N–H and O–H groups in total. The van der Waals surface area contributed by atoms with Crippen molar-refractivity contribution in [1.82, 2.24) is 10.6 Å². The lowest BCUT2D eigenvalue weighted by Gasteiger charge is -2.08. The minimum Gasteiger partial charge on any atom is -0.289 e. The topological polar surface area (TPSA) is 174 Å². The summed E-state index contributed by atoms with van der Waals surface area (Å²) in [6.07, 6.45) is 3.94. The second kappa shape index (κ2) is 9.28. The van der Waals surface area contributed by atoms with Crippen molar-refractivity contribution in [2.75, 3.05) is 0 Å².